The van der Waals surface area contributed by atoms with E-state index in [0.717, 1.165) is 0 Å². The number of fused-ring (bicyclic) bond motifs is 2. The van der Waals surface area contributed by atoms with Crippen molar-refractivity contribution in [2.24, 2.45) is 0 Å². The molecule has 0 aliphatic heterocycles. The Kier molecular flexibility index (Phi) is 5.79. The van der Waals surface area contributed by atoms with Crippen molar-refractivity contribution in [3.63, 3.8) is 0 Å². The first-order valence-electron chi connectivity index (χ1n) is 13.5. The predicted octanol–water partition coefficient (Wildman–Crippen LogP) is 11.0. The second-order valence-corrected chi connectivity index (χ2v) is 10.1. The summed E-state index contributed by atoms with van der Waals surface area (Å²) in [6, 6.07) is 55.0. The average Bonchev–Trinajstić information content (AvgIpc) is 3.01. The lowest BCUT2D eigenvalue weighted by Crippen LogP contribution is -1.94. The molecule has 0 fully saturated rings. The van der Waals surface area contributed by atoms with E-state index in [1.165, 1.54) is 71.6 Å². The Hall–Kier alpha value is -4.94. The van der Waals surface area contributed by atoms with Gasteiger partial charge >= 0.3 is 0 Å². The van der Waals surface area contributed by atoms with E-state index in [1.54, 1.807) is 0 Å². The highest BCUT2D eigenvalue weighted by Gasteiger charge is 2.20. The largest absolute Gasteiger partial charge is 0.0622 e. The molecule has 0 saturated heterocycles. The SMILES string of the molecule is Cc1ccccc1-c1c2ccccc2c(-c2cc(-c3ccccc3)ccc2-c2ccccc2)c2ccccc12. The van der Waals surface area contributed by atoms with Crippen LogP contribution < -0.4 is 0 Å². The van der Waals surface area contributed by atoms with E-state index in [-0.39, 0.29) is 0 Å². The molecule has 0 saturated carbocycles. The third-order valence-electron chi connectivity index (χ3n) is 7.83. The van der Waals surface area contributed by atoms with Gasteiger partial charge in [-0.25, -0.2) is 0 Å². The molecular formula is C39H28. The first-order chi connectivity index (χ1) is 19.3. The topological polar surface area (TPSA) is 0 Å². The molecule has 0 nitrogen and oxygen atoms in total. The van der Waals surface area contributed by atoms with Crippen molar-refractivity contribution in [3.05, 3.63) is 157 Å². The van der Waals surface area contributed by atoms with Gasteiger partial charge in [0.15, 0.2) is 0 Å². The minimum absolute atomic E-state index is 1.22. The minimum Gasteiger partial charge on any atom is -0.0622 e. The van der Waals surface area contributed by atoms with Crippen LogP contribution in [-0.4, -0.2) is 0 Å². The fourth-order valence-electron chi connectivity index (χ4n) is 5.99. The van der Waals surface area contributed by atoms with E-state index in [2.05, 4.69) is 159 Å². The summed E-state index contributed by atoms with van der Waals surface area (Å²) in [4.78, 5) is 0. The maximum Gasteiger partial charge on any atom is -0.00199 e. The lowest BCUT2D eigenvalue weighted by atomic mass is 9.82. The third kappa shape index (κ3) is 4.02. The van der Waals surface area contributed by atoms with Gasteiger partial charge in [-0.3, -0.25) is 0 Å². The number of hydrogen-bond donors (Lipinski definition) is 0. The van der Waals surface area contributed by atoms with E-state index in [0.29, 0.717) is 0 Å². The smallest absolute Gasteiger partial charge is 0.00199 e. The molecule has 7 aromatic carbocycles. The van der Waals surface area contributed by atoms with Gasteiger partial charge in [-0.2, -0.15) is 0 Å². The Balaban J connectivity index is 1.64. The Morgan fingerprint density at radius 2 is 0.769 bits per heavy atom. The molecular weight excluding hydrogens is 468 g/mol. The lowest BCUT2D eigenvalue weighted by Gasteiger charge is -2.21. The monoisotopic (exact) mass is 496 g/mol. The molecule has 0 atom stereocenters. The van der Waals surface area contributed by atoms with Gasteiger partial charge in [0.25, 0.3) is 0 Å². The van der Waals surface area contributed by atoms with Crippen LogP contribution in [-0.2, 0) is 0 Å². The highest BCUT2D eigenvalue weighted by atomic mass is 14.2. The maximum atomic E-state index is 2.39. The van der Waals surface area contributed by atoms with Crippen LogP contribution in [0.4, 0.5) is 0 Å². The van der Waals surface area contributed by atoms with E-state index in [9.17, 15) is 0 Å². The predicted molar refractivity (Wildman–Crippen MR) is 168 cm³/mol. The van der Waals surface area contributed by atoms with E-state index in [4.69, 9.17) is 0 Å². The summed E-state index contributed by atoms with van der Waals surface area (Å²) in [5, 5.41) is 5.11. The number of aryl methyl sites for hydroxylation is 1. The number of hydrogen-bond acceptors (Lipinski definition) is 0. The van der Waals surface area contributed by atoms with Gasteiger partial charge < -0.3 is 0 Å². The second-order valence-electron chi connectivity index (χ2n) is 10.1. The van der Waals surface area contributed by atoms with Crippen LogP contribution >= 0.6 is 0 Å². The molecule has 184 valence electrons. The number of benzene rings is 7. The van der Waals surface area contributed by atoms with Gasteiger partial charge in [0.05, 0.1) is 0 Å². The minimum atomic E-state index is 1.22. The molecule has 0 radical (unpaired) electrons. The highest BCUT2D eigenvalue weighted by molar-refractivity contribution is 6.22. The fraction of sp³-hybridized carbons (Fsp3) is 0.0256. The molecule has 0 spiro atoms. The summed E-state index contributed by atoms with van der Waals surface area (Å²) in [6.45, 7) is 2.21. The quantitative estimate of drug-likeness (QED) is 0.213. The molecule has 0 aliphatic carbocycles. The van der Waals surface area contributed by atoms with Crippen LogP contribution in [0.15, 0.2) is 152 Å². The zero-order valence-electron chi connectivity index (χ0n) is 21.9. The third-order valence-corrected chi connectivity index (χ3v) is 7.83. The molecule has 0 heteroatoms. The van der Waals surface area contributed by atoms with Crippen LogP contribution in [0, 0.1) is 6.92 Å². The van der Waals surface area contributed by atoms with Gasteiger partial charge in [-0.05, 0) is 84.6 Å². The first-order valence-corrected chi connectivity index (χ1v) is 13.5. The molecule has 0 N–H and O–H groups in total. The van der Waals surface area contributed by atoms with Gasteiger partial charge in [-0.15, -0.1) is 0 Å². The second kappa shape index (κ2) is 9.74. The van der Waals surface area contributed by atoms with Crippen LogP contribution in [0.3, 0.4) is 0 Å². The van der Waals surface area contributed by atoms with Gasteiger partial charge in [0.1, 0.15) is 0 Å². The van der Waals surface area contributed by atoms with E-state index in [1.807, 2.05) is 0 Å². The van der Waals surface area contributed by atoms with E-state index >= 15 is 0 Å². The van der Waals surface area contributed by atoms with Crippen LogP contribution in [0.1, 0.15) is 5.56 Å². The molecule has 0 aromatic heterocycles. The summed E-state index contributed by atoms with van der Waals surface area (Å²) >= 11 is 0. The van der Waals surface area contributed by atoms with Crippen LogP contribution in [0.2, 0.25) is 0 Å². The van der Waals surface area contributed by atoms with Crippen LogP contribution in [0.5, 0.6) is 0 Å². The first kappa shape index (κ1) is 23.2. The summed E-state index contributed by atoms with van der Waals surface area (Å²) in [6.07, 6.45) is 0. The Labute approximate surface area is 229 Å². The molecule has 0 bridgehead atoms. The van der Waals surface area contributed by atoms with Gasteiger partial charge in [-0.1, -0.05) is 146 Å². The normalized spacial score (nSPS) is 11.2. The van der Waals surface area contributed by atoms with Gasteiger partial charge in [0, 0.05) is 0 Å². The summed E-state index contributed by atoms with van der Waals surface area (Å²) in [5.41, 5.74) is 11.3. The van der Waals surface area contributed by atoms with Gasteiger partial charge in [0.2, 0.25) is 0 Å². The Morgan fingerprint density at radius 1 is 0.308 bits per heavy atom. The Bertz CT molecular complexity index is 1890. The summed E-state index contributed by atoms with van der Waals surface area (Å²) in [7, 11) is 0. The summed E-state index contributed by atoms with van der Waals surface area (Å²) in [5.74, 6) is 0. The highest BCUT2D eigenvalue weighted by Crippen LogP contribution is 2.47. The van der Waals surface area contributed by atoms with Crippen molar-refractivity contribution in [1.82, 2.24) is 0 Å². The molecule has 7 rings (SSSR count). The Morgan fingerprint density at radius 3 is 1.33 bits per heavy atom. The summed E-state index contributed by atoms with van der Waals surface area (Å²) < 4.78 is 0. The molecule has 0 amide bonds. The average molecular weight is 497 g/mol. The molecule has 7 aromatic rings. The van der Waals surface area contributed by atoms with E-state index < -0.39 is 0 Å². The van der Waals surface area contributed by atoms with Crippen molar-refractivity contribution < 1.29 is 0 Å². The van der Waals surface area contributed by atoms with Crippen molar-refractivity contribution in [3.8, 4) is 44.5 Å². The molecule has 0 aliphatic rings. The van der Waals surface area contributed by atoms with Crippen molar-refractivity contribution in [2.75, 3.05) is 0 Å². The zero-order valence-corrected chi connectivity index (χ0v) is 21.9. The maximum absolute atomic E-state index is 2.39. The van der Waals surface area contributed by atoms with Crippen molar-refractivity contribution in [2.45, 2.75) is 6.92 Å². The molecule has 0 unspecified atom stereocenters. The zero-order chi connectivity index (χ0) is 26.2. The van der Waals surface area contributed by atoms with Crippen LogP contribution in [0.25, 0.3) is 66.1 Å². The molecule has 39 heavy (non-hydrogen) atoms. The molecule has 0 heterocycles. The van der Waals surface area contributed by atoms with Crippen molar-refractivity contribution in [1.29, 1.82) is 0 Å². The van der Waals surface area contributed by atoms with Crippen molar-refractivity contribution >= 4 is 21.5 Å². The standard InChI is InChI=1S/C39H28/c1-27-14-8-9-19-31(27)38-33-20-10-12-22-35(33)39(36-23-13-11-21-34(36)38)37-26-30(28-15-4-2-5-16-28)24-25-32(37)29-17-6-3-7-18-29/h2-26H,1H3. The lowest BCUT2D eigenvalue weighted by molar-refractivity contribution is 1.47. The fourth-order valence-corrected chi connectivity index (χ4v) is 5.99. The number of rotatable bonds is 4.